The van der Waals surface area contributed by atoms with Crippen molar-refractivity contribution in [3.05, 3.63) is 57.5 Å². The number of benzene rings is 2. The molecule has 2 aromatic rings. The lowest BCUT2D eigenvalue weighted by molar-refractivity contribution is 0.596. The van der Waals surface area contributed by atoms with Crippen molar-refractivity contribution in [2.45, 2.75) is 9.79 Å². The molecule has 6 heteroatoms. The number of hydrogen-bond acceptors (Lipinski definition) is 2. The van der Waals surface area contributed by atoms with E-state index in [9.17, 15) is 8.42 Å². The summed E-state index contributed by atoms with van der Waals surface area (Å²) in [5.74, 6) is 0. The van der Waals surface area contributed by atoms with Gasteiger partial charge in [0, 0.05) is 0 Å². The predicted molar refractivity (Wildman–Crippen MR) is 73.4 cm³/mol. The Morgan fingerprint density at radius 1 is 0.778 bits per heavy atom. The maximum Gasteiger partial charge on any atom is 0.209 e. The Morgan fingerprint density at radius 3 is 1.94 bits per heavy atom. The van der Waals surface area contributed by atoms with Crippen LogP contribution in [0.25, 0.3) is 0 Å². The van der Waals surface area contributed by atoms with Gasteiger partial charge in [-0.3, -0.25) is 0 Å². The standard InChI is InChI=1S/C12H7Cl3O2S/c13-9-6-7-10(14)12(11(9)15)18(16,17)8-4-2-1-3-5-8/h1-7H. The monoisotopic (exact) mass is 320 g/mol. The van der Waals surface area contributed by atoms with Crippen LogP contribution in [0.2, 0.25) is 15.1 Å². The highest BCUT2D eigenvalue weighted by molar-refractivity contribution is 7.91. The molecule has 0 aliphatic heterocycles. The fourth-order valence-electron chi connectivity index (χ4n) is 1.47. The summed E-state index contributed by atoms with van der Waals surface area (Å²) in [5.41, 5.74) is 0. The van der Waals surface area contributed by atoms with Crippen LogP contribution in [-0.4, -0.2) is 8.42 Å². The minimum absolute atomic E-state index is 0.0493. The Bertz CT molecular complexity index is 682. The molecule has 18 heavy (non-hydrogen) atoms. The molecule has 0 bridgehead atoms. The van der Waals surface area contributed by atoms with Gasteiger partial charge in [0.25, 0.3) is 0 Å². The number of halogens is 3. The smallest absolute Gasteiger partial charge is 0.209 e. The third-order valence-corrected chi connectivity index (χ3v) is 5.52. The summed E-state index contributed by atoms with van der Waals surface area (Å²) in [7, 11) is -3.77. The van der Waals surface area contributed by atoms with Crippen molar-refractivity contribution in [2.24, 2.45) is 0 Å². The van der Waals surface area contributed by atoms with E-state index in [-0.39, 0.29) is 24.9 Å². The number of hydrogen-bond donors (Lipinski definition) is 0. The fourth-order valence-corrected chi connectivity index (χ4v) is 4.09. The molecule has 0 spiro atoms. The minimum Gasteiger partial charge on any atom is -0.218 e. The Hall–Kier alpha value is -0.740. The molecule has 0 fully saturated rings. The van der Waals surface area contributed by atoms with Crippen molar-refractivity contribution in [3.63, 3.8) is 0 Å². The number of rotatable bonds is 2. The molecule has 0 heterocycles. The van der Waals surface area contributed by atoms with E-state index < -0.39 is 9.84 Å². The molecule has 0 saturated heterocycles. The average Bonchev–Trinajstić information content (AvgIpc) is 2.35. The van der Waals surface area contributed by atoms with E-state index in [1.165, 1.54) is 24.3 Å². The molecule has 2 nitrogen and oxygen atoms in total. The topological polar surface area (TPSA) is 34.1 Å². The fraction of sp³-hybridized carbons (Fsp3) is 0. The molecule has 94 valence electrons. The van der Waals surface area contributed by atoms with E-state index >= 15 is 0 Å². The van der Waals surface area contributed by atoms with Crippen LogP contribution < -0.4 is 0 Å². The second kappa shape index (κ2) is 5.10. The van der Waals surface area contributed by atoms with Crippen molar-refractivity contribution in [3.8, 4) is 0 Å². The van der Waals surface area contributed by atoms with E-state index in [1.807, 2.05) is 0 Å². The molecule has 0 atom stereocenters. The molecule has 2 rings (SSSR count). The van der Waals surface area contributed by atoms with Crippen LogP contribution in [-0.2, 0) is 9.84 Å². The second-order valence-corrected chi connectivity index (χ2v) is 6.57. The first kappa shape index (κ1) is 13.7. The van der Waals surface area contributed by atoms with Gasteiger partial charge in [-0.1, -0.05) is 53.0 Å². The molecule has 0 aromatic heterocycles. The van der Waals surface area contributed by atoms with Gasteiger partial charge in [-0.25, -0.2) is 8.42 Å². The van der Waals surface area contributed by atoms with Gasteiger partial charge in [0.1, 0.15) is 4.90 Å². The summed E-state index contributed by atoms with van der Waals surface area (Å²) in [6.07, 6.45) is 0. The molecular formula is C12H7Cl3O2S. The maximum absolute atomic E-state index is 12.4. The second-order valence-electron chi connectivity index (χ2n) is 3.49. The Labute approximate surface area is 120 Å². The van der Waals surface area contributed by atoms with E-state index in [1.54, 1.807) is 18.2 Å². The lowest BCUT2D eigenvalue weighted by atomic mass is 10.3. The van der Waals surface area contributed by atoms with Crippen molar-refractivity contribution in [1.82, 2.24) is 0 Å². The van der Waals surface area contributed by atoms with Crippen molar-refractivity contribution >= 4 is 44.6 Å². The van der Waals surface area contributed by atoms with Gasteiger partial charge in [-0.05, 0) is 24.3 Å². The van der Waals surface area contributed by atoms with E-state index in [0.717, 1.165) is 0 Å². The zero-order valence-corrected chi connectivity index (χ0v) is 12.0. The SMILES string of the molecule is O=S(=O)(c1ccccc1)c1c(Cl)ccc(Cl)c1Cl. The summed E-state index contributed by atoms with van der Waals surface area (Å²) < 4.78 is 24.8. The van der Waals surface area contributed by atoms with Crippen LogP contribution in [0.4, 0.5) is 0 Å². The summed E-state index contributed by atoms with van der Waals surface area (Å²) in [4.78, 5) is -0.0411. The van der Waals surface area contributed by atoms with Gasteiger partial charge in [0.2, 0.25) is 9.84 Å². The molecule has 0 unspecified atom stereocenters. The Balaban J connectivity index is 2.74. The van der Waals surface area contributed by atoms with Crippen LogP contribution in [0, 0.1) is 0 Å². The molecular weight excluding hydrogens is 315 g/mol. The lowest BCUT2D eigenvalue weighted by Crippen LogP contribution is -2.03. The van der Waals surface area contributed by atoms with Gasteiger partial charge in [-0.2, -0.15) is 0 Å². The summed E-state index contributed by atoms with van der Waals surface area (Å²) in [5, 5.41) is 0.136. The first-order valence-corrected chi connectivity index (χ1v) is 7.50. The molecule has 0 aliphatic carbocycles. The lowest BCUT2D eigenvalue weighted by Gasteiger charge is -2.09. The molecule has 0 saturated carbocycles. The van der Waals surface area contributed by atoms with Crippen LogP contribution in [0.15, 0.2) is 52.3 Å². The summed E-state index contributed by atoms with van der Waals surface area (Å²) in [6, 6.07) is 10.8. The quantitative estimate of drug-likeness (QED) is 0.764. The largest absolute Gasteiger partial charge is 0.218 e. The first-order chi connectivity index (χ1) is 8.44. The third-order valence-electron chi connectivity index (χ3n) is 2.32. The van der Waals surface area contributed by atoms with Crippen LogP contribution >= 0.6 is 34.8 Å². The van der Waals surface area contributed by atoms with E-state index in [0.29, 0.717) is 0 Å². The third kappa shape index (κ3) is 2.36. The normalized spacial score (nSPS) is 11.5. The zero-order chi connectivity index (χ0) is 13.3. The van der Waals surface area contributed by atoms with E-state index in [2.05, 4.69) is 0 Å². The summed E-state index contributed by atoms with van der Waals surface area (Å²) in [6.45, 7) is 0. The van der Waals surface area contributed by atoms with Crippen LogP contribution in [0.3, 0.4) is 0 Å². The maximum atomic E-state index is 12.4. The van der Waals surface area contributed by atoms with Gasteiger partial charge >= 0.3 is 0 Å². The first-order valence-electron chi connectivity index (χ1n) is 4.88. The van der Waals surface area contributed by atoms with Crippen molar-refractivity contribution in [1.29, 1.82) is 0 Å². The number of sulfone groups is 1. The van der Waals surface area contributed by atoms with Crippen molar-refractivity contribution in [2.75, 3.05) is 0 Å². The highest BCUT2D eigenvalue weighted by Crippen LogP contribution is 2.37. The van der Waals surface area contributed by atoms with Crippen LogP contribution in [0.1, 0.15) is 0 Å². The van der Waals surface area contributed by atoms with E-state index in [4.69, 9.17) is 34.8 Å². The average molecular weight is 322 g/mol. The van der Waals surface area contributed by atoms with Gasteiger partial charge < -0.3 is 0 Å². The Morgan fingerprint density at radius 2 is 1.33 bits per heavy atom. The minimum atomic E-state index is -3.77. The van der Waals surface area contributed by atoms with Gasteiger partial charge in [-0.15, -0.1) is 0 Å². The highest BCUT2D eigenvalue weighted by atomic mass is 35.5. The molecule has 0 aliphatic rings. The highest BCUT2D eigenvalue weighted by Gasteiger charge is 2.25. The van der Waals surface area contributed by atoms with Gasteiger partial charge in [0.05, 0.1) is 20.0 Å². The molecule has 0 N–H and O–H groups in total. The molecule has 2 aromatic carbocycles. The summed E-state index contributed by atoms with van der Waals surface area (Å²) >= 11 is 17.7. The predicted octanol–water partition coefficient (Wildman–Crippen LogP) is 4.48. The molecule has 0 radical (unpaired) electrons. The van der Waals surface area contributed by atoms with Gasteiger partial charge in [0.15, 0.2) is 0 Å². The van der Waals surface area contributed by atoms with Crippen molar-refractivity contribution < 1.29 is 8.42 Å². The molecule has 0 amide bonds. The Kier molecular flexibility index (Phi) is 3.87. The van der Waals surface area contributed by atoms with Crippen LogP contribution in [0.5, 0.6) is 0 Å². The zero-order valence-electron chi connectivity index (χ0n) is 8.90.